The maximum Gasteiger partial charge on any atom is 0.132 e. The van der Waals surface area contributed by atoms with Gasteiger partial charge in [0.05, 0.1) is 0 Å². The second-order valence-electron chi connectivity index (χ2n) is 10.3. The third-order valence-electron chi connectivity index (χ3n) is 7.94. The molecule has 0 bridgehead atoms. The van der Waals surface area contributed by atoms with Crippen LogP contribution in [-0.4, -0.2) is 11.3 Å². The Labute approximate surface area is 184 Å². The van der Waals surface area contributed by atoms with Gasteiger partial charge in [0.25, 0.3) is 0 Å². The van der Waals surface area contributed by atoms with Crippen LogP contribution in [0.2, 0.25) is 0 Å². The average Bonchev–Trinajstić information content (AvgIpc) is 2.77. The zero-order valence-electron chi connectivity index (χ0n) is 19.0. The molecule has 2 heteroatoms. The summed E-state index contributed by atoms with van der Waals surface area (Å²) in [6.45, 7) is 7.25. The number of hydrogen-bond donors (Lipinski definition) is 0. The maximum atomic E-state index is 6.54. The van der Waals surface area contributed by atoms with Crippen molar-refractivity contribution in [3.63, 3.8) is 0 Å². The van der Waals surface area contributed by atoms with Gasteiger partial charge in [0.15, 0.2) is 0 Å². The Bertz CT molecular complexity index is 885. The largest absolute Gasteiger partial charge is 0.457 e. The van der Waals surface area contributed by atoms with Crippen LogP contribution in [0.1, 0.15) is 94.7 Å². The lowest BCUT2D eigenvalue weighted by molar-refractivity contribution is 0.419. The highest BCUT2D eigenvalue weighted by molar-refractivity contribution is 7.67. The number of fused-ring (bicyclic) bond motifs is 2. The maximum absolute atomic E-state index is 6.54. The predicted molar refractivity (Wildman–Crippen MR) is 130 cm³/mol. The van der Waals surface area contributed by atoms with Crippen LogP contribution < -0.4 is 10.0 Å². The smallest absolute Gasteiger partial charge is 0.132 e. The third kappa shape index (κ3) is 3.52. The van der Waals surface area contributed by atoms with E-state index < -0.39 is 0 Å². The molecule has 160 valence electrons. The topological polar surface area (TPSA) is 9.23 Å². The first-order valence-electron chi connectivity index (χ1n) is 12.3. The van der Waals surface area contributed by atoms with Crippen molar-refractivity contribution >= 4 is 13.2 Å². The van der Waals surface area contributed by atoms with E-state index in [1.165, 1.54) is 80.9 Å². The molecule has 0 N–H and O–H groups in total. The average molecular weight is 421 g/mol. The number of aryl methyl sites for hydroxylation is 1. The molecule has 2 fully saturated rings. The zero-order chi connectivity index (χ0) is 20.7. The normalized spacial score (nSPS) is 21.7. The highest BCUT2D eigenvalue weighted by Gasteiger charge is 2.41. The molecule has 2 aromatic carbocycles. The Morgan fingerprint density at radius 3 is 2.00 bits per heavy atom. The summed E-state index contributed by atoms with van der Waals surface area (Å²) in [6.07, 6.45) is 14.4. The molecule has 1 aliphatic heterocycles. The van der Waals surface area contributed by atoms with Crippen LogP contribution in [0.25, 0.3) is 0 Å². The summed E-state index contributed by atoms with van der Waals surface area (Å²) in [7, 11) is -0.155. The second-order valence-corrected chi connectivity index (χ2v) is 13.0. The minimum atomic E-state index is -0.155. The molecule has 0 unspecified atom stereocenters. The molecule has 2 saturated carbocycles. The van der Waals surface area contributed by atoms with E-state index in [0.29, 0.717) is 0 Å². The first-order chi connectivity index (χ1) is 14.6. The molecular formula is C28H37OP. The predicted octanol–water partition coefficient (Wildman–Crippen LogP) is 8.20. The first-order valence-corrected chi connectivity index (χ1v) is 13.7. The van der Waals surface area contributed by atoms with Gasteiger partial charge in [-0.3, -0.25) is 0 Å². The third-order valence-corrected chi connectivity index (χ3v) is 11.6. The first kappa shape index (κ1) is 20.6. The molecule has 2 aliphatic carbocycles. The lowest BCUT2D eigenvalue weighted by Crippen LogP contribution is -2.36. The molecular weight excluding hydrogens is 383 g/mol. The Kier molecular flexibility index (Phi) is 5.70. The number of benzene rings is 2. The summed E-state index contributed by atoms with van der Waals surface area (Å²) < 4.78 is 6.54. The fourth-order valence-corrected chi connectivity index (χ4v) is 10.7. The van der Waals surface area contributed by atoms with E-state index in [1.807, 2.05) is 0 Å². The van der Waals surface area contributed by atoms with Crippen molar-refractivity contribution < 1.29 is 4.74 Å². The number of hydrogen-bond acceptors (Lipinski definition) is 1. The summed E-state index contributed by atoms with van der Waals surface area (Å²) in [5.41, 5.74) is 6.21. The molecule has 0 radical (unpaired) electrons. The Morgan fingerprint density at radius 2 is 1.37 bits per heavy atom. The molecule has 1 heterocycles. The monoisotopic (exact) mass is 420 g/mol. The van der Waals surface area contributed by atoms with Gasteiger partial charge in [-0.1, -0.05) is 84.6 Å². The van der Waals surface area contributed by atoms with Crippen molar-refractivity contribution in [1.29, 1.82) is 0 Å². The minimum absolute atomic E-state index is 0.00452. The van der Waals surface area contributed by atoms with Crippen LogP contribution in [0.15, 0.2) is 36.4 Å². The van der Waals surface area contributed by atoms with Gasteiger partial charge in [0.1, 0.15) is 11.5 Å². The van der Waals surface area contributed by atoms with Crippen molar-refractivity contribution in [2.24, 2.45) is 0 Å². The molecule has 0 spiro atoms. The molecule has 0 aromatic heterocycles. The highest BCUT2D eigenvalue weighted by atomic mass is 31.1. The summed E-state index contributed by atoms with van der Waals surface area (Å²) in [4.78, 5) is 0. The SMILES string of the molecule is Cc1ccc2c(c1P(C1CCCCC1)C1CCCCC1)C(C)(C)c1ccccc1O2. The molecule has 2 aromatic rings. The lowest BCUT2D eigenvalue weighted by atomic mass is 9.75. The van der Waals surface area contributed by atoms with Gasteiger partial charge in [-0.05, 0) is 66.9 Å². The molecule has 0 atom stereocenters. The van der Waals surface area contributed by atoms with Crippen LogP contribution in [0, 0.1) is 6.92 Å². The van der Waals surface area contributed by atoms with E-state index in [9.17, 15) is 0 Å². The van der Waals surface area contributed by atoms with Crippen LogP contribution in [0.5, 0.6) is 11.5 Å². The van der Waals surface area contributed by atoms with E-state index in [-0.39, 0.29) is 13.3 Å². The van der Waals surface area contributed by atoms with Gasteiger partial charge in [-0.25, -0.2) is 0 Å². The molecule has 3 aliphatic rings. The standard InChI is InChI=1S/C28H37OP/c1-20-18-19-25-26(28(2,3)23-16-10-11-17-24(23)29-25)27(20)30(21-12-6-4-7-13-21)22-14-8-5-9-15-22/h10-11,16-19,21-22H,4-9,12-15H2,1-3H3. The molecule has 0 saturated heterocycles. The van der Waals surface area contributed by atoms with Gasteiger partial charge in [-0.15, -0.1) is 0 Å². The van der Waals surface area contributed by atoms with Gasteiger partial charge in [-0.2, -0.15) is 0 Å². The van der Waals surface area contributed by atoms with Crippen molar-refractivity contribution in [1.82, 2.24) is 0 Å². The molecule has 30 heavy (non-hydrogen) atoms. The van der Waals surface area contributed by atoms with Gasteiger partial charge in [0, 0.05) is 16.5 Å². The van der Waals surface area contributed by atoms with E-state index in [1.54, 1.807) is 5.30 Å². The number of para-hydroxylation sites is 1. The van der Waals surface area contributed by atoms with Gasteiger partial charge < -0.3 is 4.74 Å². The molecule has 5 rings (SSSR count). The van der Waals surface area contributed by atoms with Crippen molar-refractivity contribution in [2.45, 2.75) is 102 Å². The van der Waals surface area contributed by atoms with E-state index in [4.69, 9.17) is 4.74 Å². The fraction of sp³-hybridized carbons (Fsp3) is 0.571. The summed E-state index contributed by atoms with van der Waals surface area (Å²) in [6, 6.07) is 13.3. The number of ether oxygens (including phenoxy) is 1. The quantitative estimate of drug-likeness (QED) is 0.455. The minimum Gasteiger partial charge on any atom is -0.457 e. The van der Waals surface area contributed by atoms with Gasteiger partial charge >= 0.3 is 0 Å². The van der Waals surface area contributed by atoms with Crippen LogP contribution in [-0.2, 0) is 5.41 Å². The van der Waals surface area contributed by atoms with E-state index >= 15 is 0 Å². The Balaban J connectivity index is 1.67. The van der Waals surface area contributed by atoms with Crippen molar-refractivity contribution in [2.75, 3.05) is 0 Å². The van der Waals surface area contributed by atoms with Gasteiger partial charge in [0.2, 0.25) is 0 Å². The van der Waals surface area contributed by atoms with Crippen LogP contribution >= 0.6 is 7.92 Å². The van der Waals surface area contributed by atoms with Crippen LogP contribution in [0.4, 0.5) is 0 Å². The zero-order valence-corrected chi connectivity index (χ0v) is 19.9. The van der Waals surface area contributed by atoms with E-state index in [2.05, 4.69) is 57.2 Å². The molecule has 0 amide bonds. The number of rotatable bonds is 3. The van der Waals surface area contributed by atoms with Crippen molar-refractivity contribution in [3.8, 4) is 11.5 Å². The van der Waals surface area contributed by atoms with E-state index in [0.717, 1.165) is 22.8 Å². The Hall–Kier alpha value is -1.33. The summed E-state index contributed by atoms with van der Waals surface area (Å²) in [5.74, 6) is 2.17. The highest BCUT2D eigenvalue weighted by Crippen LogP contribution is 2.59. The van der Waals surface area contributed by atoms with Crippen molar-refractivity contribution in [3.05, 3.63) is 53.1 Å². The fourth-order valence-electron chi connectivity index (χ4n) is 6.41. The summed E-state index contributed by atoms with van der Waals surface area (Å²) in [5, 5.41) is 1.72. The molecule has 1 nitrogen and oxygen atoms in total. The summed E-state index contributed by atoms with van der Waals surface area (Å²) >= 11 is 0. The Morgan fingerprint density at radius 1 is 0.767 bits per heavy atom. The lowest BCUT2D eigenvalue weighted by Gasteiger charge is -2.44. The van der Waals surface area contributed by atoms with Crippen LogP contribution in [0.3, 0.4) is 0 Å². The second kappa shape index (κ2) is 8.31.